The van der Waals surface area contributed by atoms with Gasteiger partial charge in [-0.25, -0.2) is 4.79 Å². The summed E-state index contributed by atoms with van der Waals surface area (Å²) in [4.78, 5) is 26.1. The molecule has 1 aliphatic rings. The fraction of sp³-hybridized carbons (Fsp3) is 0.364. The van der Waals surface area contributed by atoms with Crippen LogP contribution in [0.4, 0.5) is 0 Å². The number of piperidine rings is 1. The first-order valence-electron chi connectivity index (χ1n) is 9.30. The number of aliphatic hydroxyl groups is 1. The normalized spacial score (nSPS) is 16.3. The van der Waals surface area contributed by atoms with E-state index in [2.05, 4.69) is 0 Å². The highest BCUT2D eigenvalue weighted by atomic mass is 16.4. The van der Waals surface area contributed by atoms with Crippen molar-refractivity contribution in [1.29, 1.82) is 0 Å². The third kappa shape index (κ3) is 4.74. The van der Waals surface area contributed by atoms with Crippen molar-refractivity contribution < 1.29 is 19.8 Å². The Kier molecular flexibility index (Phi) is 5.91. The first-order chi connectivity index (χ1) is 13.0. The summed E-state index contributed by atoms with van der Waals surface area (Å²) < 4.78 is 0. The highest BCUT2D eigenvalue weighted by Crippen LogP contribution is 2.25. The Hall–Kier alpha value is -2.66. The average molecular weight is 367 g/mol. The summed E-state index contributed by atoms with van der Waals surface area (Å²) in [5.41, 5.74) is 0.488. The van der Waals surface area contributed by atoms with Gasteiger partial charge in [0.25, 0.3) is 0 Å². The van der Waals surface area contributed by atoms with Gasteiger partial charge in [0.1, 0.15) is 0 Å². The van der Waals surface area contributed by atoms with Crippen LogP contribution in [-0.2, 0) is 22.4 Å². The van der Waals surface area contributed by atoms with Gasteiger partial charge in [-0.15, -0.1) is 0 Å². The summed E-state index contributed by atoms with van der Waals surface area (Å²) in [7, 11) is 0. The number of rotatable bonds is 6. The first-order valence-corrected chi connectivity index (χ1v) is 9.30. The summed E-state index contributed by atoms with van der Waals surface area (Å²) in [6.07, 6.45) is 1.40. The molecule has 0 saturated carbocycles. The lowest BCUT2D eigenvalue weighted by molar-refractivity contribution is -0.166. The fourth-order valence-corrected chi connectivity index (χ4v) is 3.61. The predicted octanol–water partition coefficient (Wildman–Crippen LogP) is 2.53. The zero-order valence-corrected chi connectivity index (χ0v) is 15.3. The Balaban J connectivity index is 1.73. The van der Waals surface area contributed by atoms with Crippen LogP contribution >= 0.6 is 0 Å². The molecule has 2 aromatic carbocycles. The predicted molar refractivity (Wildman–Crippen MR) is 102 cm³/mol. The minimum Gasteiger partial charge on any atom is -0.479 e. The summed E-state index contributed by atoms with van der Waals surface area (Å²) in [6.45, 7) is 0.531. The lowest BCUT2D eigenvalue weighted by Crippen LogP contribution is -2.52. The third-order valence-electron chi connectivity index (χ3n) is 5.30. The fourth-order valence-electron chi connectivity index (χ4n) is 3.61. The quantitative estimate of drug-likeness (QED) is 0.822. The molecular weight excluding hydrogens is 342 g/mol. The maximum atomic E-state index is 13.2. The van der Waals surface area contributed by atoms with Crippen LogP contribution in [0.3, 0.4) is 0 Å². The van der Waals surface area contributed by atoms with Crippen LogP contribution in [0.5, 0.6) is 0 Å². The Morgan fingerprint density at radius 1 is 0.889 bits per heavy atom. The second-order valence-corrected chi connectivity index (χ2v) is 7.24. The van der Waals surface area contributed by atoms with Crippen LogP contribution in [0.25, 0.3) is 0 Å². The Morgan fingerprint density at radius 3 is 1.74 bits per heavy atom. The molecular formula is C22H25NO4. The monoisotopic (exact) mass is 367 g/mol. The van der Waals surface area contributed by atoms with E-state index >= 15 is 0 Å². The number of carbonyl (C=O) groups is 2. The van der Waals surface area contributed by atoms with Gasteiger partial charge in [-0.1, -0.05) is 60.7 Å². The number of carboxylic acid groups (broad SMARTS) is 1. The van der Waals surface area contributed by atoms with Gasteiger partial charge in [-0.05, 0) is 24.0 Å². The summed E-state index contributed by atoms with van der Waals surface area (Å²) in [5.74, 6) is -1.40. The van der Waals surface area contributed by atoms with E-state index in [9.17, 15) is 14.7 Å². The van der Waals surface area contributed by atoms with E-state index in [-0.39, 0.29) is 37.8 Å². The van der Waals surface area contributed by atoms with Crippen molar-refractivity contribution in [2.75, 3.05) is 13.1 Å². The van der Waals surface area contributed by atoms with Crippen molar-refractivity contribution in [1.82, 2.24) is 4.90 Å². The molecule has 0 aromatic heterocycles. The lowest BCUT2D eigenvalue weighted by atomic mass is 9.88. The smallest absolute Gasteiger partial charge is 0.335 e. The maximum Gasteiger partial charge on any atom is 0.335 e. The van der Waals surface area contributed by atoms with Crippen molar-refractivity contribution in [3.63, 3.8) is 0 Å². The minimum atomic E-state index is -1.72. The molecule has 27 heavy (non-hydrogen) atoms. The third-order valence-corrected chi connectivity index (χ3v) is 5.30. The van der Waals surface area contributed by atoms with Gasteiger partial charge in [0.05, 0.1) is 0 Å². The molecule has 142 valence electrons. The number of likely N-dealkylation sites (tertiary alicyclic amines) is 1. The number of aliphatic carboxylic acids is 1. The molecule has 1 aliphatic heterocycles. The maximum absolute atomic E-state index is 13.2. The zero-order chi connectivity index (χ0) is 19.3. The van der Waals surface area contributed by atoms with Crippen LogP contribution in [0, 0.1) is 5.92 Å². The molecule has 2 aromatic rings. The molecule has 2 N–H and O–H groups in total. The number of amides is 1. The van der Waals surface area contributed by atoms with E-state index in [1.807, 2.05) is 60.7 Å². The van der Waals surface area contributed by atoms with Crippen LogP contribution < -0.4 is 0 Å². The Labute approximate surface area is 159 Å². The van der Waals surface area contributed by atoms with E-state index in [1.165, 1.54) is 0 Å². The molecule has 0 atom stereocenters. The summed E-state index contributed by atoms with van der Waals surface area (Å²) in [5, 5.41) is 19.3. The number of benzene rings is 2. The van der Waals surface area contributed by atoms with Gasteiger partial charge in [0.15, 0.2) is 5.60 Å². The van der Waals surface area contributed by atoms with E-state index < -0.39 is 11.6 Å². The molecule has 1 amide bonds. The SMILES string of the molecule is O=C(C(Cc1ccccc1)Cc1ccccc1)N1CCC(O)(C(=O)O)CC1. The molecule has 1 fully saturated rings. The van der Waals surface area contributed by atoms with Crippen molar-refractivity contribution in [2.24, 2.45) is 5.92 Å². The molecule has 0 spiro atoms. The number of hydrogen-bond acceptors (Lipinski definition) is 3. The molecule has 3 rings (SSSR count). The standard InChI is InChI=1S/C22H25NO4/c24-20(23-13-11-22(27,12-14-23)21(25)26)19(15-17-7-3-1-4-8-17)16-18-9-5-2-6-10-18/h1-10,19,27H,11-16H2,(H,25,26). The molecule has 1 saturated heterocycles. The van der Waals surface area contributed by atoms with Crippen molar-refractivity contribution >= 4 is 11.9 Å². The number of carboxylic acids is 1. The molecule has 5 nitrogen and oxygen atoms in total. The Morgan fingerprint density at radius 2 is 1.33 bits per heavy atom. The van der Waals surface area contributed by atoms with Crippen molar-refractivity contribution in [3.8, 4) is 0 Å². The van der Waals surface area contributed by atoms with Gasteiger partial charge in [-0.2, -0.15) is 0 Å². The first kappa shape index (κ1) is 19.1. The van der Waals surface area contributed by atoms with Gasteiger partial charge in [0, 0.05) is 31.8 Å². The Bertz CT molecular complexity index is 726. The largest absolute Gasteiger partial charge is 0.479 e. The highest BCUT2D eigenvalue weighted by Gasteiger charge is 2.41. The second kappa shape index (κ2) is 8.35. The summed E-state index contributed by atoms with van der Waals surface area (Å²) in [6, 6.07) is 19.8. The molecule has 0 unspecified atom stereocenters. The van der Waals surface area contributed by atoms with Crippen LogP contribution in [0.1, 0.15) is 24.0 Å². The molecule has 0 bridgehead atoms. The molecule has 0 aliphatic carbocycles. The van der Waals surface area contributed by atoms with Gasteiger partial charge >= 0.3 is 5.97 Å². The number of hydrogen-bond donors (Lipinski definition) is 2. The number of carbonyl (C=O) groups excluding carboxylic acids is 1. The van der Waals surface area contributed by atoms with E-state index in [0.29, 0.717) is 12.8 Å². The van der Waals surface area contributed by atoms with Crippen LogP contribution in [0.15, 0.2) is 60.7 Å². The van der Waals surface area contributed by atoms with E-state index in [0.717, 1.165) is 11.1 Å². The second-order valence-electron chi connectivity index (χ2n) is 7.24. The van der Waals surface area contributed by atoms with E-state index in [1.54, 1.807) is 4.90 Å². The average Bonchev–Trinajstić information content (AvgIpc) is 2.69. The topological polar surface area (TPSA) is 77.8 Å². The van der Waals surface area contributed by atoms with Crippen molar-refractivity contribution in [3.05, 3.63) is 71.8 Å². The van der Waals surface area contributed by atoms with E-state index in [4.69, 9.17) is 5.11 Å². The molecule has 5 heteroatoms. The minimum absolute atomic E-state index is 0.0233. The van der Waals surface area contributed by atoms with Crippen LogP contribution in [0.2, 0.25) is 0 Å². The number of nitrogens with zero attached hydrogens (tertiary/aromatic N) is 1. The zero-order valence-electron chi connectivity index (χ0n) is 15.3. The molecule has 1 heterocycles. The van der Waals surface area contributed by atoms with Gasteiger partial charge in [-0.3, -0.25) is 4.79 Å². The summed E-state index contributed by atoms with van der Waals surface area (Å²) >= 11 is 0. The van der Waals surface area contributed by atoms with Gasteiger partial charge < -0.3 is 15.1 Å². The van der Waals surface area contributed by atoms with Crippen molar-refractivity contribution in [2.45, 2.75) is 31.3 Å². The van der Waals surface area contributed by atoms with Crippen LogP contribution in [-0.4, -0.2) is 45.7 Å². The lowest BCUT2D eigenvalue weighted by Gasteiger charge is -2.37. The highest BCUT2D eigenvalue weighted by molar-refractivity contribution is 5.81. The molecule has 0 radical (unpaired) electrons. The van der Waals surface area contributed by atoms with Gasteiger partial charge in [0.2, 0.25) is 5.91 Å².